The van der Waals surface area contributed by atoms with Crippen molar-refractivity contribution in [3.8, 4) is 11.6 Å². The molecule has 0 bridgehead atoms. The van der Waals surface area contributed by atoms with E-state index in [2.05, 4.69) is 26.2 Å². The Bertz CT molecular complexity index is 590. The van der Waals surface area contributed by atoms with Gasteiger partial charge in [-0.1, -0.05) is 35.8 Å². The summed E-state index contributed by atoms with van der Waals surface area (Å²) in [6.07, 6.45) is 1.16. The van der Waals surface area contributed by atoms with Gasteiger partial charge in [-0.3, -0.25) is 0 Å². The molecule has 20 heavy (non-hydrogen) atoms. The zero-order valence-electron chi connectivity index (χ0n) is 11.4. The lowest BCUT2D eigenvalue weighted by atomic mass is 10.2. The minimum atomic E-state index is -0.368. The molecule has 0 aliphatic heterocycles. The molecule has 2 rings (SSSR count). The van der Waals surface area contributed by atoms with E-state index in [-0.39, 0.29) is 5.82 Å². The van der Waals surface area contributed by atoms with Crippen molar-refractivity contribution in [3.63, 3.8) is 0 Å². The topological polar surface area (TPSA) is 34.2 Å². The van der Waals surface area contributed by atoms with Gasteiger partial charge < -0.3 is 10.1 Å². The van der Waals surface area contributed by atoms with Crippen molar-refractivity contribution >= 4 is 15.9 Å². The van der Waals surface area contributed by atoms with E-state index >= 15 is 0 Å². The average molecular weight is 339 g/mol. The first kappa shape index (κ1) is 14.9. The molecule has 0 spiro atoms. The van der Waals surface area contributed by atoms with Crippen LogP contribution in [0.15, 0.2) is 41.0 Å². The number of nitrogens with zero attached hydrogens (tertiary/aromatic N) is 1. The molecule has 106 valence electrons. The summed E-state index contributed by atoms with van der Waals surface area (Å²) in [7, 11) is 0. The van der Waals surface area contributed by atoms with Crippen LogP contribution in [0.25, 0.3) is 0 Å². The fraction of sp³-hybridized carbons (Fsp3) is 0.267. The summed E-state index contributed by atoms with van der Waals surface area (Å²) in [5.74, 6) is 0.703. The second-order valence-corrected chi connectivity index (χ2v) is 5.63. The van der Waals surface area contributed by atoms with Gasteiger partial charge >= 0.3 is 0 Å². The first-order chi connectivity index (χ1) is 9.54. The molecule has 1 aromatic carbocycles. The number of hydrogen-bond donors (Lipinski definition) is 1. The molecule has 0 aliphatic carbocycles. The Morgan fingerprint density at radius 3 is 2.85 bits per heavy atom. The van der Waals surface area contributed by atoms with E-state index in [4.69, 9.17) is 4.74 Å². The van der Waals surface area contributed by atoms with E-state index < -0.39 is 0 Å². The summed E-state index contributed by atoms with van der Waals surface area (Å²) in [4.78, 5) is 4.03. The van der Waals surface area contributed by atoms with E-state index in [0.717, 1.165) is 10.7 Å². The Hall–Kier alpha value is -1.46. The van der Waals surface area contributed by atoms with Gasteiger partial charge in [0.1, 0.15) is 11.6 Å². The van der Waals surface area contributed by atoms with Crippen molar-refractivity contribution in [2.24, 2.45) is 0 Å². The molecule has 5 heteroatoms. The number of nitrogens with one attached hydrogen (secondary N) is 1. The second kappa shape index (κ2) is 6.81. The van der Waals surface area contributed by atoms with Gasteiger partial charge in [0.15, 0.2) is 0 Å². The number of benzene rings is 1. The van der Waals surface area contributed by atoms with Crippen molar-refractivity contribution in [3.05, 3.63) is 52.4 Å². The summed E-state index contributed by atoms with van der Waals surface area (Å²) >= 11 is 3.38. The van der Waals surface area contributed by atoms with Crippen molar-refractivity contribution in [2.45, 2.75) is 26.4 Å². The second-order valence-electron chi connectivity index (χ2n) is 4.71. The highest BCUT2D eigenvalue weighted by atomic mass is 79.9. The highest BCUT2D eigenvalue weighted by Gasteiger charge is 2.09. The van der Waals surface area contributed by atoms with Gasteiger partial charge in [0.2, 0.25) is 5.88 Å². The van der Waals surface area contributed by atoms with Crippen LogP contribution in [-0.2, 0) is 6.54 Å². The SMILES string of the molecule is CC(C)NCc1cc(F)cnc1Oc1cccc(Br)c1. The van der Waals surface area contributed by atoms with Crippen LogP contribution in [0.2, 0.25) is 0 Å². The molecule has 1 aromatic heterocycles. The maximum atomic E-state index is 13.3. The molecule has 0 saturated carbocycles. The lowest BCUT2D eigenvalue weighted by Gasteiger charge is -2.12. The third kappa shape index (κ3) is 4.28. The fourth-order valence-electron chi connectivity index (χ4n) is 1.64. The van der Waals surface area contributed by atoms with E-state index in [9.17, 15) is 4.39 Å². The molecule has 0 aliphatic rings. The number of pyridine rings is 1. The standard InChI is InChI=1S/C15H16BrFN2O/c1-10(2)18-8-11-6-13(17)9-19-15(11)20-14-5-3-4-12(16)7-14/h3-7,9-10,18H,8H2,1-2H3. The fourth-order valence-corrected chi connectivity index (χ4v) is 2.02. The molecular weight excluding hydrogens is 323 g/mol. The summed E-state index contributed by atoms with van der Waals surface area (Å²) in [5.41, 5.74) is 0.693. The normalized spacial score (nSPS) is 10.8. The van der Waals surface area contributed by atoms with Crippen molar-refractivity contribution in [2.75, 3.05) is 0 Å². The van der Waals surface area contributed by atoms with Crippen LogP contribution in [0.3, 0.4) is 0 Å². The van der Waals surface area contributed by atoms with Gasteiger partial charge in [-0.25, -0.2) is 9.37 Å². The smallest absolute Gasteiger partial charge is 0.223 e. The summed E-state index contributed by atoms with van der Waals surface area (Å²) < 4.78 is 20.0. The molecule has 0 amide bonds. The molecular formula is C15H16BrFN2O. The van der Waals surface area contributed by atoms with Crippen molar-refractivity contribution < 1.29 is 9.13 Å². The highest BCUT2D eigenvalue weighted by molar-refractivity contribution is 9.10. The van der Waals surface area contributed by atoms with E-state index in [1.54, 1.807) is 0 Å². The maximum Gasteiger partial charge on any atom is 0.223 e. The number of ether oxygens (including phenoxy) is 1. The highest BCUT2D eigenvalue weighted by Crippen LogP contribution is 2.26. The Labute approximate surface area is 126 Å². The molecule has 0 saturated heterocycles. The predicted octanol–water partition coefficient (Wildman–Crippen LogP) is 4.27. The first-order valence-electron chi connectivity index (χ1n) is 6.36. The molecule has 0 unspecified atom stereocenters. The average Bonchev–Trinajstić information content (AvgIpc) is 2.39. The summed E-state index contributed by atoms with van der Waals surface area (Å²) in [5, 5.41) is 3.23. The first-order valence-corrected chi connectivity index (χ1v) is 7.15. The van der Waals surface area contributed by atoms with E-state index in [1.807, 2.05) is 38.1 Å². The van der Waals surface area contributed by atoms with Gasteiger partial charge in [0.25, 0.3) is 0 Å². The number of halogens is 2. The van der Waals surface area contributed by atoms with Crippen LogP contribution in [0.1, 0.15) is 19.4 Å². The van der Waals surface area contributed by atoms with Gasteiger partial charge in [0, 0.05) is 22.6 Å². The van der Waals surface area contributed by atoms with Gasteiger partial charge in [0.05, 0.1) is 6.20 Å². The zero-order valence-corrected chi connectivity index (χ0v) is 12.9. The Balaban J connectivity index is 2.21. The quantitative estimate of drug-likeness (QED) is 0.883. The minimum absolute atomic E-state index is 0.303. The molecule has 0 radical (unpaired) electrons. The van der Waals surface area contributed by atoms with Gasteiger partial charge in [-0.15, -0.1) is 0 Å². The molecule has 3 nitrogen and oxygen atoms in total. The number of hydrogen-bond acceptors (Lipinski definition) is 3. The Morgan fingerprint density at radius 1 is 1.35 bits per heavy atom. The third-order valence-corrected chi connectivity index (χ3v) is 3.10. The van der Waals surface area contributed by atoms with Crippen LogP contribution in [0.5, 0.6) is 11.6 Å². The van der Waals surface area contributed by atoms with Crippen LogP contribution in [0, 0.1) is 5.82 Å². The van der Waals surface area contributed by atoms with Gasteiger partial charge in [-0.05, 0) is 24.3 Å². The lowest BCUT2D eigenvalue weighted by Crippen LogP contribution is -2.22. The van der Waals surface area contributed by atoms with Crippen LogP contribution in [0.4, 0.5) is 4.39 Å². The maximum absolute atomic E-state index is 13.3. The van der Waals surface area contributed by atoms with Gasteiger partial charge in [-0.2, -0.15) is 0 Å². The van der Waals surface area contributed by atoms with Crippen LogP contribution < -0.4 is 10.1 Å². The zero-order chi connectivity index (χ0) is 14.5. The molecule has 2 aromatic rings. The van der Waals surface area contributed by atoms with Crippen molar-refractivity contribution in [1.82, 2.24) is 10.3 Å². The Kier molecular flexibility index (Phi) is 5.09. The third-order valence-electron chi connectivity index (χ3n) is 2.60. The van der Waals surface area contributed by atoms with Crippen LogP contribution >= 0.6 is 15.9 Å². The molecule has 1 N–H and O–H groups in total. The van der Waals surface area contributed by atoms with Crippen LogP contribution in [-0.4, -0.2) is 11.0 Å². The largest absolute Gasteiger partial charge is 0.439 e. The minimum Gasteiger partial charge on any atom is -0.439 e. The van der Waals surface area contributed by atoms with Crippen molar-refractivity contribution in [1.29, 1.82) is 0 Å². The predicted molar refractivity (Wildman–Crippen MR) is 80.4 cm³/mol. The monoisotopic (exact) mass is 338 g/mol. The van der Waals surface area contributed by atoms with E-state index in [0.29, 0.717) is 29.8 Å². The molecule has 1 heterocycles. The lowest BCUT2D eigenvalue weighted by molar-refractivity contribution is 0.445. The molecule has 0 fully saturated rings. The summed E-state index contributed by atoms with van der Waals surface area (Å²) in [6.45, 7) is 4.56. The number of rotatable bonds is 5. The molecule has 0 atom stereocenters. The summed E-state index contributed by atoms with van der Waals surface area (Å²) in [6, 6.07) is 9.19. The number of aromatic nitrogens is 1. The Morgan fingerprint density at radius 2 is 2.15 bits per heavy atom. The van der Waals surface area contributed by atoms with E-state index in [1.165, 1.54) is 6.07 Å².